The van der Waals surface area contributed by atoms with Gasteiger partial charge in [0.2, 0.25) is 0 Å². The van der Waals surface area contributed by atoms with Crippen LogP contribution in [0.1, 0.15) is 33.4 Å². The maximum Gasteiger partial charge on any atom is 0.257 e. The van der Waals surface area contributed by atoms with Gasteiger partial charge in [-0.15, -0.1) is 0 Å². The van der Waals surface area contributed by atoms with Gasteiger partial charge in [0.15, 0.2) is 5.78 Å². The van der Waals surface area contributed by atoms with Crippen LogP contribution in [0, 0.1) is 5.82 Å². The summed E-state index contributed by atoms with van der Waals surface area (Å²) in [7, 11) is 0. The Morgan fingerprint density at radius 1 is 1.16 bits per heavy atom. The zero-order valence-electron chi connectivity index (χ0n) is 14.0. The molecular weight excluding hydrogens is 325 g/mol. The van der Waals surface area contributed by atoms with Gasteiger partial charge in [-0.2, -0.15) is 0 Å². The number of rotatable bonds is 4. The SMILES string of the molecule is CC(=O)c1ccc(N2CCN(C(=O)c3coc(CN)c3)CC2)c(F)c1. The molecule has 25 heavy (non-hydrogen) atoms. The molecule has 3 rings (SSSR count). The van der Waals surface area contributed by atoms with Crippen LogP contribution in [0.3, 0.4) is 0 Å². The van der Waals surface area contributed by atoms with Gasteiger partial charge in [-0.3, -0.25) is 9.59 Å². The number of amides is 1. The number of ketones is 1. The molecule has 0 aliphatic carbocycles. The normalized spacial score (nSPS) is 14.7. The van der Waals surface area contributed by atoms with Gasteiger partial charge < -0.3 is 20.0 Å². The number of halogens is 1. The molecule has 0 atom stereocenters. The van der Waals surface area contributed by atoms with Gasteiger partial charge in [-0.1, -0.05) is 0 Å². The molecule has 0 saturated carbocycles. The minimum atomic E-state index is -0.421. The van der Waals surface area contributed by atoms with Crippen LogP contribution in [0.25, 0.3) is 0 Å². The van der Waals surface area contributed by atoms with E-state index in [0.717, 1.165) is 0 Å². The second-order valence-electron chi connectivity index (χ2n) is 6.01. The van der Waals surface area contributed by atoms with E-state index in [1.54, 1.807) is 23.1 Å². The molecule has 6 nitrogen and oxygen atoms in total. The molecule has 1 aromatic heterocycles. The van der Waals surface area contributed by atoms with E-state index in [0.29, 0.717) is 48.8 Å². The van der Waals surface area contributed by atoms with Gasteiger partial charge in [-0.05, 0) is 31.2 Å². The zero-order chi connectivity index (χ0) is 18.0. The van der Waals surface area contributed by atoms with E-state index < -0.39 is 5.82 Å². The van der Waals surface area contributed by atoms with E-state index in [-0.39, 0.29) is 18.2 Å². The molecule has 1 fully saturated rings. The van der Waals surface area contributed by atoms with Gasteiger partial charge in [0.05, 0.1) is 17.8 Å². The number of furan rings is 1. The van der Waals surface area contributed by atoms with Gasteiger partial charge in [-0.25, -0.2) is 4.39 Å². The number of carbonyl (C=O) groups is 2. The number of benzene rings is 1. The van der Waals surface area contributed by atoms with E-state index in [9.17, 15) is 14.0 Å². The van der Waals surface area contributed by atoms with Crippen LogP contribution >= 0.6 is 0 Å². The van der Waals surface area contributed by atoms with Crippen molar-refractivity contribution in [3.05, 3.63) is 53.2 Å². The summed E-state index contributed by atoms with van der Waals surface area (Å²) in [6, 6.07) is 6.15. The van der Waals surface area contributed by atoms with Crippen LogP contribution in [0.15, 0.2) is 34.9 Å². The Kier molecular flexibility index (Phi) is 4.85. The molecule has 0 bridgehead atoms. The van der Waals surface area contributed by atoms with Crippen molar-refractivity contribution in [2.45, 2.75) is 13.5 Å². The Bertz CT molecular complexity index is 795. The van der Waals surface area contributed by atoms with Crippen molar-refractivity contribution >= 4 is 17.4 Å². The molecule has 132 valence electrons. The third-order valence-electron chi connectivity index (χ3n) is 4.36. The standard InChI is InChI=1S/C18H20FN3O3/c1-12(23)13-2-3-17(16(19)9-13)21-4-6-22(7-5-21)18(24)14-8-15(10-20)25-11-14/h2-3,8-9,11H,4-7,10,20H2,1H3. The van der Waals surface area contributed by atoms with Crippen molar-refractivity contribution in [2.75, 3.05) is 31.1 Å². The fourth-order valence-electron chi connectivity index (χ4n) is 2.92. The number of hydrogen-bond acceptors (Lipinski definition) is 5. The van der Waals surface area contributed by atoms with Gasteiger partial charge >= 0.3 is 0 Å². The highest BCUT2D eigenvalue weighted by Gasteiger charge is 2.24. The van der Waals surface area contributed by atoms with Crippen LogP contribution in [0.2, 0.25) is 0 Å². The molecule has 1 amide bonds. The summed E-state index contributed by atoms with van der Waals surface area (Å²) in [6.45, 7) is 3.65. The number of nitrogens with two attached hydrogens (primary N) is 1. The minimum absolute atomic E-state index is 0.115. The lowest BCUT2D eigenvalue weighted by molar-refractivity contribution is 0.0745. The summed E-state index contributed by atoms with van der Waals surface area (Å²) in [5, 5.41) is 0. The van der Waals surface area contributed by atoms with E-state index in [2.05, 4.69) is 0 Å². The smallest absolute Gasteiger partial charge is 0.257 e. The summed E-state index contributed by atoms with van der Waals surface area (Å²) < 4.78 is 19.5. The predicted molar refractivity (Wildman–Crippen MR) is 91.1 cm³/mol. The summed E-state index contributed by atoms with van der Waals surface area (Å²) >= 11 is 0. The lowest BCUT2D eigenvalue weighted by Gasteiger charge is -2.36. The van der Waals surface area contributed by atoms with E-state index in [4.69, 9.17) is 10.2 Å². The van der Waals surface area contributed by atoms with Crippen molar-refractivity contribution in [2.24, 2.45) is 5.73 Å². The molecule has 1 saturated heterocycles. The zero-order valence-corrected chi connectivity index (χ0v) is 14.0. The summed E-state index contributed by atoms with van der Waals surface area (Å²) in [5.41, 5.74) is 6.77. The van der Waals surface area contributed by atoms with Crippen LogP contribution in [-0.4, -0.2) is 42.8 Å². The van der Waals surface area contributed by atoms with Crippen molar-refractivity contribution < 1.29 is 18.4 Å². The van der Waals surface area contributed by atoms with E-state index in [1.807, 2.05) is 4.90 Å². The molecular formula is C18H20FN3O3. The average molecular weight is 345 g/mol. The van der Waals surface area contributed by atoms with Crippen molar-refractivity contribution in [3.8, 4) is 0 Å². The number of carbonyl (C=O) groups excluding carboxylic acids is 2. The molecule has 1 aliphatic rings. The van der Waals surface area contributed by atoms with E-state index in [1.165, 1.54) is 19.3 Å². The first-order chi connectivity index (χ1) is 12.0. The monoisotopic (exact) mass is 345 g/mol. The summed E-state index contributed by atoms with van der Waals surface area (Å²) in [6.07, 6.45) is 1.41. The predicted octanol–water partition coefficient (Wildman–Crippen LogP) is 2.04. The number of nitrogens with zero attached hydrogens (tertiary/aromatic N) is 2. The molecule has 0 spiro atoms. The fourth-order valence-corrected chi connectivity index (χ4v) is 2.92. The first kappa shape index (κ1) is 17.2. The number of hydrogen-bond donors (Lipinski definition) is 1. The van der Waals surface area contributed by atoms with E-state index >= 15 is 0 Å². The Morgan fingerprint density at radius 3 is 2.44 bits per heavy atom. The molecule has 2 N–H and O–H groups in total. The second kappa shape index (κ2) is 7.06. The highest BCUT2D eigenvalue weighted by atomic mass is 19.1. The van der Waals surface area contributed by atoms with Gasteiger partial charge in [0.25, 0.3) is 5.91 Å². The first-order valence-corrected chi connectivity index (χ1v) is 8.12. The highest BCUT2D eigenvalue weighted by Crippen LogP contribution is 2.23. The van der Waals surface area contributed by atoms with Gasteiger partial charge in [0, 0.05) is 31.7 Å². The lowest BCUT2D eigenvalue weighted by atomic mass is 10.1. The molecule has 1 aliphatic heterocycles. The molecule has 0 radical (unpaired) electrons. The molecule has 2 aromatic rings. The van der Waals surface area contributed by atoms with Crippen LogP contribution in [-0.2, 0) is 6.54 Å². The van der Waals surface area contributed by atoms with Gasteiger partial charge in [0.1, 0.15) is 17.8 Å². The van der Waals surface area contributed by atoms with Crippen molar-refractivity contribution in [1.29, 1.82) is 0 Å². The maximum absolute atomic E-state index is 14.3. The quantitative estimate of drug-likeness (QED) is 0.858. The van der Waals surface area contributed by atoms with Crippen LogP contribution in [0.5, 0.6) is 0 Å². The third-order valence-corrected chi connectivity index (χ3v) is 4.36. The lowest BCUT2D eigenvalue weighted by Crippen LogP contribution is -2.49. The maximum atomic E-state index is 14.3. The van der Waals surface area contributed by atoms with Crippen molar-refractivity contribution in [1.82, 2.24) is 4.90 Å². The largest absolute Gasteiger partial charge is 0.467 e. The summed E-state index contributed by atoms with van der Waals surface area (Å²) in [5.74, 6) is -0.141. The molecule has 2 heterocycles. The third kappa shape index (κ3) is 3.56. The molecule has 1 aromatic carbocycles. The Balaban J connectivity index is 1.65. The van der Waals surface area contributed by atoms with Crippen LogP contribution in [0.4, 0.5) is 10.1 Å². The second-order valence-corrected chi connectivity index (χ2v) is 6.01. The topological polar surface area (TPSA) is 79.8 Å². The molecule has 7 heteroatoms. The Hall–Kier alpha value is -2.67. The Morgan fingerprint density at radius 2 is 1.88 bits per heavy atom. The summed E-state index contributed by atoms with van der Waals surface area (Å²) in [4.78, 5) is 27.4. The Labute approximate surface area is 145 Å². The highest BCUT2D eigenvalue weighted by molar-refractivity contribution is 5.95. The number of Topliss-reactive ketones (excluding diaryl/α,β-unsaturated/α-hetero) is 1. The molecule has 0 unspecified atom stereocenters. The van der Waals surface area contributed by atoms with Crippen LogP contribution < -0.4 is 10.6 Å². The fraction of sp³-hybridized carbons (Fsp3) is 0.333. The minimum Gasteiger partial charge on any atom is -0.467 e. The van der Waals surface area contributed by atoms with Crippen molar-refractivity contribution in [3.63, 3.8) is 0 Å². The number of anilines is 1. The first-order valence-electron chi connectivity index (χ1n) is 8.12. The number of piperazine rings is 1. The average Bonchev–Trinajstić information content (AvgIpc) is 3.10.